The van der Waals surface area contributed by atoms with Gasteiger partial charge in [-0.15, -0.1) is 0 Å². The van der Waals surface area contributed by atoms with Crippen LogP contribution in [0.4, 0.5) is 11.4 Å². The lowest BCUT2D eigenvalue weighted by atomic mass is 9.95. The molecule has 0 fully saturated rings. The summed E-state index contributed by atoms with van der Waals surface area (Å²) < 4.78 is 5.26. The summed E-state index contributed by atoms with van der Waals surface area (Å²) in [6.07, 6.45) is 0.849. The minimum Gasteiger partial charge on any atom is -0.497 e. The lowest BCUT2D eigenvalue weighted by Crippen LogP contribution is -2.38. The Morgan fingerprint density at radius 2 is 1.78 bits per heavy atom. The van der Waals surface area contributed by atoms with Crippen LogP contribution in [0, 0.1) is 0 Å². The highest BCUT2D eigenvalue weighted by atomic mass is 16.5. The molecule has 27 heavy (non-hydrogen) atoms. The Kier molecular flexibility index (Phi) is 4.79. The third-order valence-corrected chi connectivity index (χ3v) is 4.92. The van der Waals surface area contributed by atoms with Crippen LogP contribution in [0.1, 0.15) is 28.4 Å². The zero-order valence-corrected chi connectivity index (χ0v) is 15.3. The van der Waals surface area contributed by atoms with Gasteiger partial charge in [0.1, 0.15) is 5.75 Å². The first kappa shape index (κ1) is 17.2. The van der Waals surface area contributed by atoms with Crippen LogP contribution in [-0.2, 0) is 0 Å². The highest BCUT2D eigenvalue weighted by Crippen LogP contribution is 2.36. The fourth-order valence-electron chi connectivity index (χ4n) is 3.57. The number of nitrogens with one attached hydrogen (secondary N) is 1. The number of carbonyl (C=O) groups is 1. The van der Waals surface area contributed by atoms with Gasteiger partial charge in [0.15, 0.2) is 0 Å². The molecule has 4 nitrogen and oxygen atoms in total. The molecule has 1 aliphatic rings. The van der Waals surface area contributed by atoms with Crippen molar-refractivity contribution >= 4 is 17.3 Å². The van der Waals surface area contributed by atoms with Crippen LogP contribution < -0.4 is 15.0 Å². The van der Waals surface area contributed by atoms with E-state index < -0.39 is 0 Å². The molecule has 1 N–H and O–H groups in total. The van der Waals surface area contributed by atoms with Crippen LogP contribution >= 0.6 is 0 Å². The van der Waals surface area contributed by atoms with E-state index in [1.807, 2.05) is 59.5 Å². The van der Waals surface area contributed by atoms with Crippen molar-refractivity contribution in [2.24, 2.45) is 0 Å². The van der Waals surface area contributed by atoms with E-state index in [0.29, 0.717) is 17.9 Å². The van der Waals surface area contributed by atoms with E-state index in [1.165, 1.54) is 0 Å². The number of hydrogen-bond acceptors (Lipinski definition) is 3. The molecule has 1 amide bonds. The minimum absolute atomic E-state index is 0.000453. The number of methoxy groups -OCH3 is 1. The number of rotatable bonds is 4. The number of ether oxygens (including phenoxy) is 1. The van der Waals surface area contributed by atoms with Crippen molar-refractivity contribution in [3.05, 3.63) is 90.0 Å². The first-order valence-corrected chi connectivity index (χ1v) is 9.12. The third kappa shape index (κ3) is 3.51. The number of nitrogens with zero attached hydrogens (tertiary/aromatic N) is 1. The van der Waals surface area contributed by atoms with Crippen molar-refractivity contribution in [1.29, 1.82) is 0 Å². The quantitative estimate of drug-likeness (QED) is 0.721. The molecular weight excluding hydrogens is 336 g/mol. The molecule has 1 unspecified atom stereocenters. The van der Waals surface area contributed by atoms with E-state index in [4.69, 9.17) is 4.74 Å². The van der Waals surface area contributed by atoms with Crippen LogP contribution in [0.3, 0.4) is 0 Å². The summed E-state index contributed by atoms with van der Waals surface area (Å²) >= 11 is 0. The standard InChI is InChI=1S/C23H22N2O2/c1-27-19-11-7-8-17(16-19)23(26)25-15-14-21(20-12-5-6-13-22(20)25)24-18-9-3-2-4-10-18/h2-13,16,21,24H,14-15H2,1H3. The van der Waals surface area contributed by atoms with Crippen molar-refractivity contribution in [2.45, 2.75) is 12.5 Å². The van der Waals surface area contributed by atoms with Crippen LogP contribution in [0.15, 0.2) is 78.9 Å². The van der Waals surface area contributed by atoms with Gasteiger partial charge >= 0.3 is 0 Å². The summed E-state index contributed by atoms with van der Waals surface area (Å²) in [7, 11) is 1.61. The zero-order valence-electron chi connectivity index (χ0n) is 15.3. The number of carbonyl (C=O) groups excluding carboxylic acids is 1. The summed E-state index contributed by atoms with van der Waals surface area (Å²) in [6, 6.07) is 25.8. The van der Waals surface area contributed by atoms with E-state index >= 15 is 0 Å². The molecule has 3 aromatic rings. The average molecular weight is 358 g/mol. The van der Waals surface area contributed by atoms with Crippen LogP contribution in [0.25, 0.3) is 0 Å². The average Bonchev–Trinajstić information content (AvgIpc) is 2.74. The molecule has 0 aromatic heterocycles. The second-order valence-corrected chi connectivity index (χ2v) is 6.60. The van der Waals surface area contributed by atoms with Gasteiger partial charge in [-0.1, -0.05) is 42.5 Å². The van der Waals surface area contributed by atoms with Crippen molar-refractivity contribution in [3.63, 3.8) is 0 Å². The number of benzene rings is 3. The van der Waals surface area contributed by atoms with Gasteiger partial charge in [0.25, 0.3) is 5.91 Å². The van der Waals surface area contributed by atoms with E-state index in [2.05, 4.69) is 23.5 Å². The van der Waals surface area contributed by atoms with E-state index in [1.54, 1.807) is 13.2 Å². The van der Waals surface area contributed by atoms with Gasteiger partial charge in [-0.25, -0.2) is 0 Å². The summed E-state index contributed by atoms with van der Waals surface area (Å²) in [5.74, 6) is 0.689. The maximum Gasteiger partial charge on any atom is 0.258 e. The Morgan fingerprint density at radius 1 is 1.00 bits per heavy atom. The molecule has 0 saturated carbocycles. The SMILES string of the molecule is COc1cccc(C(=O)N2CCC(Nc3ccccc3)c3ccccc32)c1. The van der Waals surface area contributed by atoms with Crippen molar-refractivity contribution < 1.29 is 9.53 Å². The second-order valence-electron chi connectivity index (χ2n) is 6.60. The summed E-state index contributed by atoms with van der Waals surface area (Å²) in [5, 5.41) is 3.60. The van der Waals surface area contributed by atoms with E-state index in [0.717, 1.165) is 23.4 Å². The van der Waals surface area contributed by atoms with Crippen LogP contribution in [0.5, 0.6) is 5.75 Å². The summed E-state index contributed by atoms with van der Waals surface area (Å²) in [4.78, 5) is 15.0. The van der Waals surface area contributed by atoms with E-state index in [9.17, 15) is 4.79 Å². The second kappa shape index (κ2) is 7.54. The highest BCUT2D eigenvalue weighted by Gasteiger charge is 2.29. The summed E-state index contributed by atoms with van der Waals surface area (Å²) in [5.41, 5.74) is 3.83. The predicted octanol–water partition coefficient (Wildman–Crippen LogP) is 4.90. The lowest BCUT2D eigenvalue weighted by molar-refractivity contribution is 0.0984. The Labute approximate surface area is 159 Å². The smallest absolute Gasteiger partial charge is 0.258 e. The number of anilines is 2. The van der Waals surface area contributed by atoms with Gasteiger partial charge in [0.05, 0.1) is 13.2 Å². The normalized spacial score (nSPS) is 15.7. The fraction of sp³-hybridized carbons (Fsp3) is 0.174. The number of hydrogen-bond donors (Lipinski definition) is 1. The van der Waals surface area contributed by atoms with Crippen molar-refractivity contribution in [3.8, 4) is 5.75 Å². The molecular formula is C23H22N2O2. The zero-order chi connectivity index (χ0) is 18.6. The highest BCUT2D eigenvalue weighted by molar-refractivity contribution is 6.07. The maximum absolute atomic E-state index is 13.1. The lowest BCUT2D eigenvalue weighted by Gasteiger charge is -2.35. The molecule has 3 aromatic carbocycles. The first-order valence-electron chi connectivity index (χ1n) is 9.12. The topological polar surface area (TPSA) is 41.6 Å². The summed E-state index contributed by atoms with van der Waals surface area (Å²) in [6.45, 7) is 0.664. The van der Waals surface area contributed by atoms with Crippen LogP contribution in [0.2, 0.25) is 0 Å². The van der Waals surface area contributed by atoms with E-state index in [-0.39, 0.29) is 11.9 Å². The van der Waals surface area contributed by atoms with Gasteiger partial charge in [-0.3, -0.25) is 4.79 Å². The van der Waals surface area contributed by atoms with Crippen molar-refractivity contribution in [2.75, 3.05) is 23.9 Å². The Hall–Kier alpha value is -3.27. The Balaban J connectivity index is 1.63. The number of amides is 1. The molecule has 1 atom stereocenters. The van der Waals surface area contributed by atoms with Gasteiger partial charge in [-0.05, 0) is 48.4 Å². The first-order chi connectivity index (χ1) is 13.3. The molecule has 4 rings (SSSR count). The molecule has 0 saturated heterocycles. The molecule has 1 aliphatic heterocycles. The van der Waals surface area contributed by atoms with Gasteiger partial charge < -0.3 is 15.0 Å². The molecule has 0 radical (unpaired) electrons. The fourth-order valence-corrected chi connectivity index (χ4v) is 3.57. The monoisotopic (exact) mass is 358 g/mol. The van der Waals surface area contributed by atoms with Crippen molar-refractivity contribution in [1.82, 2.24) is 0 Å². The minimum atomic E-state index is -0.000453. The Bertz CT molecular complexity index is 940. The van der Waals surface area contributed by atoms with Crippen LogP contribution in [-0.4, -0.2) is 19.6 Å². The number of fused-ring (bicyclic) bond motifs is 1. The molecule has 0 spiro atoms. The van der Waals surface area contributed by atoms with Gasteiger partial charge in [-0.2, -0.15) is 0 Å². The predicted molar refractivity (Wildman–Crippen MR) is 109 cm³/mol. The molecule has 1 heterocycles. The molecule has 0 bridgehead atoms. The molecule has 136 valence electrons. The Morgan fingerprint density at radius 3 is 2.59 bits per heavy atom. The third-order valence-electron chi connectivity index (χ3n) is 4.92. The van der Waals surface area contributed by atoms with Gasteiger partial charge in [0.2, 0.25) is 0 Å². The molecule has 0 aliphatic carbocycles. The molecule has 4 heteroatoms. The largest absolute Gasteiger partial charge is 0.497 e. The van der Waals surface area contributed by atoms with Gasteiger partial charge in [0, 0.05) is 23.5 Å². The number of para-hydroxylation sites is 2. The maximum atomic E-state index is 13.1.